The molecule has 0 aromatic heterocycles. The van der Waals surface area contributed by atoms with E-state index in [1.54, 1.807) is 6.08 Å². The summed E-state index contributed by atoms with van der Waals surface area (Å²) in [6.07, 6.45) is 11.0. The van der Waals surface area contributed by atoms with Gasteiger partial charge < -0.3 is 5.73 Å². The lowest BCUT2D eigenvalue weighted by molar-refractivity contribution is -0.420. The molecule has 0 saturated heterocycles. The van der Waals surface area contributed by atoms with Gasteiger partial charge in [-0.25, -0.2) is 0 Å². The quantitative estimate of drug-likeness (QED) is 0.631. The first-order valence-electron chi connectivity index (χ1n) is 7.50. The molecule has 0 fully saturated rings. The molecule has 0 aromatic carbocycles. The highest BCUT2D eigenvalue weighted by Gasteiger charge is 2.32. The molecule has 4 heteroatoms. The molecule has 116 valence electrons. The Hall–Kier alpha value is -2.36. The zero-order valence-corrected chi connectivity index (χ0v) is 13.5. The Morgan fingerprint density at radius 1 is 0.909 bits per heavy atom. The molecule has 0 radical (unpaired) electrons. The lowest BCUT2D eigenvalue weighted by Gasteiger charge is -2.20. The molecule has 0 atom stereocenters. The van der Waals surface area contributed by atoms with E-state index in [0.717, 1.165) is 16.7 Å². The zero-order valence-electron chi connectivity index (χ0n) is 13.5. The molecule has 4 nitrogen and oxygen atoms in total. The minimum Gasteiger partial charge on any atom is -0.398 e. The van der Waals surface area contributed by atoms with Gasteiger partial charge in [0.1, 0.15) is 0 Å². The van der Waals surface area contributed by atoms with Crippen molar-refractivity contribution in [1.82, 2.24) is 0 Å². The van der Waals surface area contributed by atoms with Crippen LogP contribution in [0.3, 0.4) is 0 Å². The number of allylic oxidation sites excluding steroid dienone is 8. The van der Waals surface area contributed by atoms with Gasteiger partial charge in [0.05, 0.1) is 10.5 Å². The third-order valence-electron chi connectivity index (χ3n) is 3.90. The van der Waals surface area contributed by atoms with Crippen LogP contribution in [-0.4, -0.2) is 4.92 Å². The number of nitrogens with two attached hydrogens (primary N) is 1. The van der Waals surface area contributed by atoms with Crippen LogP contribution in [0.15, 0.2) is 70.1 Å². The van der Waals surface area contributed by atoms with Crippen molar-refractivity contribution in [3.63, 3.8) is 0 Å². The standard InChI is InChI=1S/C18H22N2O2/c1-11(2)13-7-5-6-8-15(19)17(13)18-14(12(3)4)9-10-16(18)20(21)22/h5-12H,19H2,1-4H3/b18-17-. The van der Waals surface area contributed by atoms with Crippen LogP contribution < -0.4 is 5.73 Å². The SMILES string of the molecule is CC(C)C1=CC=CC=C(N)/C1=C1/C(C(C)C)=CC=C1[N+](=O)[O-]. The van der Waals surface area contributed by atoms with Crippen molar-refractivity contribution in [3.8, 4) is 0 Å². The summed E-state index contributed by atoms with van der Waals surface area (Å²) in [5.74, 6) is 0.410. The monoisotopic (exact) mass is 298 g/mol. The maximum absolute atomic E-state index is 11.5. The van der Waals surface area contributed by atoms with Gasteiger partial charge in [0.2, 0.25) is 0 Å². The molecule has 0 unspecified atom stereocenters. The van der Waals surface area contributed by atoms with Crippen molar-refractivity contribution in [2.45, 2.75) is 27.7 Å². The van der Waals surface area contributed by atoms with Crippen LogP contribution >= 0.6 is 0 Å². The maximum Gasteiger partial charge on any atom is 0.277 e. The largest absolute Gasteiger partial charge is 0.398 e. The van der Waals surface area contributed by atoms with Crippen LogP contribution in [-0.2, 0) is 0 Å². The summed E-state index contributed by atoms with van der Waals surface area (Å²) < 4.78 is 0. The highest BCUT2D eigenvalue weighted by atomic mass is 16.6. The second-order valence-electron chi connectivity index (χ2n) is 6.12. The first-order chi connectivity index (χ1) is 10.3. The average Bonchev–Trinajstić information content (AvgIpc) is 2.77. The van der Waals surface area contributed by atoms with Gasteiger partial charge in [-0.2, -0.15) is 0 Å². The number of hydrogen-bond donors (Lipinski definition) is 1. The lowest BCUT2D eigenvalue weighted by atomic mass is 9.84. The van der Waals surface area contributed by atoms with E-state index in [1.165, 1.54) is 0 Å². The fourth-order valence-electron chi connectivity index (χ4n) is 2.81. The predicted molar refractivity (Wildman–Crippen MR) is 89.4 cm³/mol. The topological polar surface area (TPSA) is 69.2 Å². The molecule has 0 amide bonds. The lowest BCUT2D eigenvalue weighted by Crippen LogP contribution is -2.15. The van der Waals surface area contributed by atoms with Crippen LogP contribution in [0.4, 0.5) is 0 Å². The molecule has 2 aliphatic carbocycles. The molecule has 0 bridgehead atoms. The molecule has 0 saturated carbocycles. The highest BCUT2D eigenvalue weighted by Crippen LogP contribution is 2.40. The predicted octanol–water partition coefficient (Wildman–Crippen LogP) is 4.03. The summed E-state index contributed by atoms with van der Waals surface area (Å²) in [7, 11) is 0. The number of nitro groups is 1. The highest BCUT2D eigenvalue weighted by molar-refractivity contribution is 5.65. The van der Waals surface area contributed by atoms with Crippen molar-refractivity contribution < 1.29 is 4.92 Å². The van der Waals surface area contributed by atoms with Crippen LogP contribution in [0, 0.1) is 22.0 Å². The molecule has 0 aromatic rings. The average molecular weight is 298 g/mol. The molecule has 2 N–H and O–H groups in total. The minimum absolute atomic E-state index is 0.128. The first kappa shape index (κ1) is 16.0. The van der Waals surface area contributed by atoms with Gasteiger partial charge in [-0.15, -0.1) is 0 Å². The van der Waals surface area contributed by atoms with Gasteiger partial charge in [-0.3, -0.25) is 10.1 Å². The second kappa shape index (κ2) is 6.18. The van der Waals surface area contributed by atoms with Crippen LogP contribution in [0.2, 0.25) is 0 Å². The van der Waals surface area contributed by atoms with Crippen molar-refractivity contribution >= 4 is 0 Å². The third kappa shape index (κ3) is 2.82. The van der Waals surface area contributed by atoms with E-state index in [2.05, 4.69) is 13.8 Å². The Labute approximate surface area is 131 Å². The fourth-order valence-corrected chi connectivity index (χ4v) is 2.81. The van der Waals surface area contributed by atoms with Crippen molar-refractivity contribution in [3.05, 3.63) is 80.3 Å². The molecule has 0 spiro atoms. The van der Waals surface area contributed by atoms with E-state index < -0.39 is 0 Å². The van der Waals surface area contributed by atoms with E-state index in [9.17, 15) is 10.1 Å². The maximum atomic E-state index is 11.5. The van der Waals surface area contributed by atoms with Crippen molar-refractivity contribution in [2.75, 3.05) is 0 Å². The van der Waals surface area contributed by atoms with E-state index in [4.69, 9.17) is 5.73 Å². The summed E-state index contributed by atoms with van der Waals surface area (Å²) in [5.41, 5.74) is 10.4. The summed E-state index contributed by atoms with van der Waals surface area (Å²) in [6, 6.07) is 0. The van der Waals surface area contributed by atoms with Gasteiger partial charge in [-0.05, 0) is 29.1 Å². The van der Waals surface area contributed by atoms with E-state index in [0.29, 0.717) is 11.3 Å². The Morgan fingerprint density at radius 2 is 1.45 bits per heavy atom. The molecule has 22 heavy (non-hydrogen) atoms. The third-order valence-corrected chi connectivity index (χ3v) is 3.90. The first-order valence-corrected chi connectivity index (χ1v) is 7.50. The van der Waals surface area contributed by atoms with Gasteiger partial charge >= 0.3 is 0 Å². The van der Waals surface area contributed by atoms with Gasteiger partial charge in [0.25, 0.3) is 5.70 Å². The number of nitrogens with zero attached hydrogens (tertiary/aromatic N) is 1. The van der Waals surface area contributed by atoms with Crippen molar-refractivity contribution in [2.24, 2.45) is 17.6 Å². The van der Waals surface area contributed by atoms with Gasteiger partial charge in [0, 0.05) is 17.3 Å². The Kier molecular flexibility index (Phi) is 4.50. The van der Waals surface area contributed by atoms with Gasteiger partial charge in [-0.1, -0.05) is 52.0 Å². The summed E-state index contributed by atoms with van der Waals surface area (Å²) >= 11 is 0. The van der Waals surface area contributed by atoms with Crippen molar-refractivity contribution in [1.29, 1.82) is 0 Å². The van der Waals surface area contributed by atoms with E-state index in [1.807, 2.05) is 44.2 Å². The van der Waals surface area contributed by atoms with E-state index in [-0.39, 0.29) is 22.5 Å². The Bertz CT molecular complexity index is 684. The molecule has 0 aliphatic heterocycles. The summed E-state index contributed by atoms with van der Waals surface area (Å²) in [5, 5.41) is 11.5. The molecule has 2 aliphatic rings. The van der Waals surface area contributed by atoms with Gasteiger partial charge in [0.15, 0.2) is 0 Å². The second-order valence-corrected chi connectivity index (χ2v) is 6.12. The van der Waals surface area contributed by atoms with E-state index >= 15 is 0 Å². The number of rotatable bonds is 3. The van der Waals surface area contributed by atoms with Crippen LogP contribution in [0.5, 0.6) is 0 Å². The van der Waals surface area contributed by atoms with Crippen LogP contribution in [0.25, 0.3) is 0 Å². The molecule has 0 heterocycles. The normalized spacial score (nSPS) is 21.5. The summed E-state index contributed by atoms with van der Waals surface area (Å²) in [4.78, 5) is 11.1. The Morgan fingerprint density at radius 3 is 2.00 bits per heavy atom. The smallest absolute Gasteiger partial charge is 0.277 e. The fraction of sp³-hybridized carbons (Fsp3) is 0.333. The minimum atomic E-state index is -0.322. The van der Waals surface area contributed by atoms with Crippen LogP contribution in [0.1, 0.15) is 27.7 Å². The number of hydrogen-bond acceptors (Lipinski definition) is 3. The summed E-state index contributed by atoms with van der Waals surface area (Å²) in [6.45, 7) is 8.22. The molecule has 2 rings (SSSR count). The Balaban J connectivity index is 2.77. The molecular weight excluding hydrogens is 276 g/mol. The zero-order chi connectivity index (χ0) is 16.4. The molecular formula is C18H22N2O2.